The van der Waals surface area contributed by atoms with E-state index in [1.54, 1.807) is 27.0 Å². The van der Waals surface area contributed by atoms with Gasteiger partial charge in [-0.2, -0.15) is 0 Å². The third-order valence-electron chi connectivity index (χ3n) is 3.82. The number of imidazole rings is 1. The fourth-order valence-corrected chi connectivity index (χ4v) is 3.06. The van der Waals surface area contributed by atoms with Gasteiger partial charge in [-0.1, -0.05) is 12.1 Å². The number of H-pyrrole nitrogens is 1. The maximum absolute atomic E-state index is 11.8. The number of carbonyl (C=O) groups excluding carboxylic acids is 1. The van der Waals surface area contributed by atoms with E-state index in [1.807, 2.05) is 30.3 Å². The zero-order chi connectivity index (χ0) is 18.7. The summed E-state index contributed by atoms with van der Waals surface area (Å²) >= 11 is 3.55. The normalized spacial score (nSPS) is 12.0. The van der Waals surface area contributed by atoms with Gasteiger partial charge in [0.25, 0.3) is 0 Å². The molecule has 3 aromatic rings. The summed E-state index contributed by atoms with van der Waals surface area (Å²) in [6, 6.07) is 11.4. The van der Waals surface area contributed by atoms with E-state index in [2.05, 4.69) is 25.9 Å². The van der Waals surface area contributed by atoms with Crippen molar-refractivity contribution in [2.75, 3.05) is 13.7 Å². The second-order valence-corrected chi connectivity index (χ2v) is 6.45. The molecule has 0 fully saturated rings. The number of aromatic amines is 1. The molecule has 0 aliphatic carbocycles. The highest BCUT2D eigenvalue weighted by Crippen LogP contribution is 2.38. The lowest BCUT2D eigenvalue weighted by molar-refractivity contribution is -0.150. The summed E-state index contributed by atoms with van der Waals surface area (Å²) in [6.07, 6.45) is -0.743. The third-order valence-corrected chi connectivity index (χ3v) is 4.48. The van der Waals surface area contributed by atoms with Gasteiger partial charge < -0.3 is 19.2 Å². The summed E-state index contributed by atoms with van der Waals surface area (Å²) in [4.78, 5) is 19.7. The van der Waals surface area contributed by atoms with Crippen LogP contribution in [0, 0.1) is 0 Å². The largest absolute Gasteiger partial charge is 0.493 e. The molecule has 1 aromatic heterocycles. The number of nitrogens with one attached hydrogen (secondary N) is 1. The van der Waals surface area contributed by atoms with E-state index >= 15 is 0 Å². The maximum atomic E-state index is 11.8. The van der Waals surface area contributed by atoms with Crippen LogP contribution in [0.5, 0.6) is 11.5 Å². The van der Waals surface area contributed by atoms with Gasteiger partial charge in [-0.3, -0.25) is 0 Å². The van der Waals surface area contributed by atoms with E-state index in [0.29, 0.717) is 23.9 Å². The molecule has 0 saturated carbocycles. The zero-order valence-electron chi connectivity index (χ0n) is 14.7. The zero-order valence-corrected chi connectivity index (χ0v) is 16.3. The summed E-state index contributed by atoms with van der Waals surface area (Å²) < 4.78 is 16.9. The first-order chi connectivity index (χ1) is 12.5. The Bertz CT molecular complexity index is 905. The van der Waals surface area contributed by atoms with Crippen LogP contribution in [0.4, 0.5) is 0 Å². The molecule has 1 unspecified atom stereocenters. The van der Waals surface area contributed by atoms with Crippen LogP contribution in [0.1, 0.15) is 13.8 Å². The van der Waals surface area contributed by atoms with Crippen LogP contribution in [-0.4, -0.2) is 35.8 Å². The summed E-state index contributed by atoms with van der Waals surface area (Å²) in [7, 11) is 1.55. The van der Waals surface area contributed by atoms with Crippen molar-refractivity contribution in [2.24, 2.45) is 0 Å². The Balaban J connectivity index is 1.95. The van der Waals surface area contributed by atoms with Crippen molar-refractivity contribution in [3.8, 4) is 22.9 Å². The monoisotopic (exact) mass is 418 g/mol. The molecule has 7 heteroatoms. The van der Waals surface area contributed by atoms with Gasteiger partial charge in [0.1, 0.15) is 5.82 Å². The van der Waals surface area contributed by atoms with Gasteiger partial charge in [0.2, 0.25) is 0 Å². The van der Waals surface area contributed by atoms with E-state index in [0.717, 1.165) is 21.1 Å². The van der Waals surface area contributed by atoms with Crippen LogP contribution >= 0.6 is 15.9 Å². The molecule has 1 atom stereocenters. The highest BCUT2D eigenvalue weighted by Gasteiger charge is 2.20. The molecule has 0 aliphatic heterocycles. The van der Waals surface area contributed by atoms with E-state index in [1.165, 1.54) is 0 Å². The predicted octanol–water partition coefficient (Wildman–Crippen LogP) is 4.33. The number of rotatable bonds is 6. The van der Waals surface area contributed by atoms with Crippen molar-refractivity contribution >= 4 is 32.9 Å². The maximum Gasteiger partial charge on any atom is 0.347 e. The highest BCUT2D eigenvalue weighted by molar-refractivity contribution is 9.10. The lowest BCUT2D eigenvalue weighted by atomic mass is 10.2. The van der Waals surface area contributed by atoms with E-state index < -0.39 is 12.1 Å². The van der Waals surface area contributed by atoms with Crippen molar-refractivity contribution < 1.29 is 19.0 Å². The SMILES string of the molecule is CCOC(=O)C(C)Oc1cc(Br)c(-c2nc3ccccc3[nH]2)cc1OC. The van der Waals surface area contributed by atoms with E-state index in [4.69, 9.17) is 14.2 Å². The number of methoxy groups -OCH3 is 1. The summed E-state index contributed by atoms with van der Waals surface area (Å²) in [5, 5.41) is 0. The molecule has 0 bridgehead atoms. The van der Waals surface area contributed by atoms with Crippen LogP contribution in [0.15, 0.2) is 40.9 Å². The number of hydrogen-bond donors (Lipinski definition) is 1. The molecule has 1 N–H and O–H groups in total. The minimum absolute atomic E-state index is 0.304. The molecular weight excluding hydrogens is 400 g/mol. The molecule has 0 aliphatic rings. The standard InChI is InChI=1S/C19H19BrN2O4/c1-4-25-19(23)11(2)26-17-10-13(20)12(9-16(17)24-3)18-21-14-7-5-6-8-15(14)22-18/h5-11H,4H2,1-3H3,(H,21,22). The fourth-order valence-electron chi connectivity index (χ4n) is 2.55. The van der Waals surface area contributed by atoms with Crippen LogP contribution in [-0.2, 0) is 9.53 Å². The van der Waals surface area contributed by atoms with Crippen molar-refractivity contribution in [3.05, 3.63) is 40.9 Å². The molecule has 0 saturated heterocycles. The van der Waals surface area contributed by atoms with Gasteiger partial charge >= 0.3 is 5.97 Å². The molecule has 0 radical (unpaired) electrons. The molecular formula is C19H19BrN2O4. The smallest absolute Gasteiger partial charge is 0.347 e. The van der Waals surface area contributed by atoms with Gasteiger partial charge in [-0.15, -0.1) is 0 Å². The molecule has 26 heavy (non-hydrogen) atoms. The van der Waals surface area contributed by atoms with Crippen LogP contribution in [0.3, 0.4) is 0 Å². The second kappa shape index (κ2) is 7.78. The van der Waals surface area contributed by atoms with Gasteiger partial charge in [0, 0.05) is 10.0 Å². The number of para-hydroxylation sites is 2. The quantitative estimate of drug-likeness (QED) is 0.602. The second-order valence-electron chi connectivity index (χ2n) is 5.60. The molecule has 0 amide bonds. The summed E-state index contributed by atoms with van der Waals surface area (Å²) in [6.45, 7) is 3.70. The number of fused-ring (bicyclic) bond motifs is 1. The van der Waals surface area contributed by atoms with E-state index in [9.17, 15) is 4.79 Å². The minimum Gasteiger partial charge on any atom is -0.493 e. The average molecular weight is 419 g/mol. The Hall–Kier alpha value is -2.54. The van der Waals surface area contributed by atoms with Gasteiger partial charge in [-0.25, -0.2) is 9.78 Å². The number of carbonyl (C=O) groups is 1. The molecule has 1 heterocycles. The molecule has 2 aromatic carbocycles. The van der Waals surface area contributed by atoms with E-state index in [-0.39, 0.29) is 0 Å². The third kappa shape index (κ3) is 3.67. The van der Waals surface area contributed by atoms with Crippen molar-refractivity contribution in [1.29, 1.82) is 0 Å². The first-order valence-electron chi connectivity index (χ1n) is 8.19. The van der Waals surface area contributed by atoms with Crippen molar-refractivity contribution in [3.63, 3.8) is 0 Å². The number of ether oxygens (including phenoxy) is 3. The average Bonchev–Trinajstić information content (AvgIpc) is 3.05. The summed E-state index contributed by atoms with van der Waals surface area (Å²) in [5.74, 6) is 1.23. The minimum atomic E-state index is -0.743. The number of aromatic nitrogens is 2. The van der Waals surface area contributed by atoms with Crippen LogP contribution < -0.4 is 9.47 Å². The Morgan fingerprint density at radius 2 is 2.04 bits per heavy atom. The molecule has 3 rings (SSSR count). The van der Waals surface area contributed by atoms with Crippen molar-refractivity contribution in [2.45, 2.75) is 20.0 Å². The fraction of sp³-hybridized carbons (Fsp3) is 0.263. The number of esters is 1. The van der Waals surface area contributed by atoms with Gasteiger partial charge in [0.15, 0.2) is 17.6 Å². The van der Waals surface area contributed by atoms with Gasteiger partial charge in [-0.05, 0) is 54.0 Å². The van der Waals surface area contributed by atoms with Gasteiger partial charge in [0.05, 0.1) is 24.8 Å². The molecule has 6 nitrogen and oxygen atoms in total. The lowest BCUT2D eigenvalue weighted by Gasteiger charge is -2.17. The predicted molar refractivity (Wildman–Crippen MR) is 103 cm³/mol. The highest BCUT2D eigenvalue weighted by atomic mass is 79.9. The van der Waals surface area contributed by atoms with Crippen LogP contribution in [0.25, 0.3) is 22.4 Å². The Morgan fingerprint density at radius 3 is 2.73 bits per heavy atom. The Kier molecular flexibility index (Phi) is 5.46. The first-order valence-corrected chi connectivity index (χ1v) is 8.98. The number of halogens is 1. The van der Waals surface area contributed by atoms with Crippen LogP contribution in [0.2, 0.25) is 0 Å². The number of hydrogen-bond acceptors (Lipinski definition) is 5. The number of nitrogens with zero attached hydrogens (tertiary/aromatic N) is 1. The first kappa shape index (κ1) is 18.3. The number of benzene rings is 2. The Labute approximate surface area is 159 Å². The summed E-state index contributed by atoms with van der Waals surface area (Å²) in [5.41, 5.74) is 2.66. The lowest BCUT2D eigenvalue weighted by Crippen LogP contribution is -2.26. The molecule has 0 spiro atoms. The van der Waals surface area contributed by atoms with Crippen molar-refractivity contribution in [1.82, 2.24) is 9.97 Å². The topological polar surface area (TPSA) is 73.4 Å². The Morgan fingerprint density at radius 1 is 1.27 bits per heavy atom. The molecule has 136 valence electrons.